The number of likely N-dealkylation sites (tertiary alicyclic amines) is 1. The Morgan fingerprint density at radius 2 is 1.63 bits per heavy atom. The SMILES string of the molecule is COc1ccc([C@@H]2C(=C(O)c3ccccc3)C(=O)C(=O)N2CCc2c[nH]c3ccc(OC)cc23)c(OC)c1. The number of ketones is 1. The summed E-state index contributed by atoms with van der Waals surface area (Å²) in [5.74, 6) is 0.0868. The Morgan fingerprint density at radius 1 is 0.921 bits per heavy atom. The lowest BCUT2D eigenvalue weighted by Crippen LogP contribution is -2.31. The molecule has 1 atom stereocenters. The van der Waals surface area contributed by atoms with Crippen molar-refractivity contribution in [1.82, 2.24) is 9.88 Å². The first-order chi connectivity index (χ1) is 18.5. The van der Waals surface area contributed by atoms with Gasteiger partial charge < -0.3 is 29.2 Å². The molecular weight excluding hydrogens is 484 g/mol. The molecule has 194 valence electrons. The van der Waals surface area contributed by atoms with Crippen LogP contribution in [0.2, 0.25) is 0 Å². The molecule has 1 aliphatic heterocycles. The number of aliphatic hydroxyl groups excluding tert-OH is 1. The highest BCUT2D eigenvalue weighted by Crippen LogP contribution is 2.43. The smallest absolute Gasteiger partial charge is 0.295 e. The maximum Gasteiger partial charge on any atom is 0.295 e. The molecule has 2 N–H and O–H groups in total. The quantitative estimate of drug-likeness (QED) is 0.199. The molecule has 1 amide bonds. The number of amides is 1. The molecule has 0 spiro atoms. The van der Waals surface area contributed by atoms with E-state index < -0.39 is 17.7 Å². The maximum absolute atomic E-state index is 13.4. The van der Waals surface area contributed by atoms with Crippen molar-refractivity contribution < 1.29 is 28.9 Å². The van der Waals surface area contributed by atoms with Gasteiger partial charge in [-0.2, -0.15) is 0 Å². The first-order valence-corrected chi connectivity index (χ1v) is 12.2. The van der Waals surface area contributed by atoms with Crippen LogP contribution in [0.5, 0.6) is 17.2 Å². The fraction of sp³-hybridized carbons (Fsp3) is 0.200. The highest BCUT2D eigenvalue weighted by molar-refractivity contribution is 6.46. The van der Waals surface area contributed by atoms with E-state index in [1.165, 1.54) is 12.0 Å². The summed E-state index contributed by atoms with van der Waals surface area (Å²) in [6, 6.07) is 18.8. The van der Waals surface area contributed by atoms with E-state index in [4.69, 9.17) is 14.2 Å². The van der Waals surface area contributed by atoms with Crippen molar-refractivity contribution in [3.8, 4) is 17.2 Å². The van der Waals surface area contributed by atoms with Crippen LogP contribution in [0.1, 0.15) is 22.7 Å². The molecule has 8 heteroatoms. The topological polar surface area (TPSA) is 101 Å². The van der Waals surface area contributed by atoms with Crippen LogP contribution in [0.25, 0.3) is 16.7 Å². The number of carbonyl (C=O) groups excluding carboxylic acids is 2. The molecule has 0 aliphatic carbocycles. The van der Waals surface area contributed by atoms with E-state index in [-0.39, 0.29) is 17.9 Å². The van der Waals surface area contributed by atoms with Gasteiger partial charge in [-0.15, -0.1) is 0 Å². The Bertz CT molecular complexity index is 1540. The Labute approximate surface area is 220 Å². The zero-order valence-corrected chi connectivity index (χ0v) is 21.4. The molecule has 3 aromatic carbocycles. The average molecular weight is 513 g/mol. The third kappa shape index (κ3) is 4.34. The van der Waals surface area contributed by atoms with E-state index in [1.807, 2.05) is 30.5 Å². The van der Waals surface area contributed by atoms with Crippen LogP contribution < -0.4 is 14.2 Å². The zero-order chi connectivity index (χ0) is 26.8. The van der Waals surface area contributed by atoms with E-state index >= 15 is 0 Å². The standard InChI is InChI=1S/C30H28N2O6/c1-36-20-10-12-24-23(15-20)19(17-31-24)13-14-32-27(22-11-9-21(37-2)16-25(22)38-3)26(29(34)30(32)35)28(33)18-7-5-4-6-8-18/h4-12,15-17,27,31,33H,13-14H2,1-3H3/t27-/m1/s1. The van der Waals surface area contributed by atoms with Crippen molar-refractivity contribution in [1.29, 1.82) is 0 Å². The van der Waals surface area contributed by atoms with E-state index in [0.29, 0.717) is 29.0 Å². The number of methoxy groups -OCH3 is 3. The van der Waals surface area contributed by atoms with Gasteiger partial charge in [-0.3, -0.25) is 9.59 Å². The molecule has 2 heterocycles. The second-order valence-corrected chi connectivity index (χ2v) is 8.94. The van der Waals surface area contributed by atoms with Crippen LogP contribution in [0, 0.1) is 0 Å². The number of aliphatic hydroxyl groups is 1. The Morgan fingerprint density at radius 3 is 2.34 bits per heavy atom. The van der Waals surface area contributed by atoms with Crippen LogP contribution in [0.4, 0.5) is 0 Å². The lowest BCUT2D eigenvalue weighted by molar-refractivity contribution is -0.139. The van der Waals surface area contributed by atoms with Gasteiger partial charge in [-0.25, -0.2) is 0 Å². The third-order valence-corrected chi connectivity index (χ3v) is 6.92. The van der Waals surface area contributed by atoms with Crippen molar-refractivity contribution in [3.05, 3.63) is 95.2 Å². The van der Waals surface area contributed by atoms with Crippen LogP contribution >= 0.6 is 0 Å². The summed E-state index contributed by atoms with van der Waals surface area (Å²) in [5.41, 5.74) is 2.96. The molecule has 8 nitrogen and oxygen atoms in total. The Hall–Kier alpha value is -4.72. The number of fused-ring (bicyclic) bond motifs is 1. The van der Waals surface area contributed by atoms with E-state index in [9.17, 15) is 14.7 Å². The Balaban J connectivity index is 1.60. The van der Waals surface area contributed by atoms with Gasteiger partial charge in [0.25, 0.3) is 11.7 Å². The molecule has 0 bridgehead atoms. The number of carbonyl (C=O) groups is 2. The van der Waals surface area contributed by atoms with Crippen molar-refractivity contribution >= 4 is 28.4 Å². The molecule has 1 saturated heterocycles. The summed E-state index contributed by atoms with van der Waals surface area (Å²) in [4.78, 5) is 31.6. The van der Waals surface area contributed by atoms with Gasteiger partial charge >= 0.3 is 0 Å². The van der Waals surface area contributed by atoms with Gasteiger partial charge in [0.15, 0.2) is 0 Å². The minimum Gasteiger partial charge on any atom is -0.507 e. The molecule has 5 rings (SSSR count). The fourth-order valence-electron chi connectivity index (χ4n) is 4.96. The van der Waals surface area contributed by atoms with Crippen LogP contribution in [-0.2, 0) is 16.0 Å². The second-order valence-electron chi connectivity index (χ2n) is 8.94. The molecule has 0 radical (unpaired) electrons. The van der Waals surface area contributed by atoms with Gasteiger partial charge in [0.05, 0.1) is 32.9 Å². The van der Waals surface area contributed by atoms with Crippen molar-refractivity contribution in [2.24, 2.45) is 0 Å². The number of aromatic nitrogens is 1. The number of H-pyrrole nitrogens is 1. The first kappa shape index (κ1) is 25.0. The lowest BCUT2D eigenvalue weighted by atomic mass is 9.94. The van der Waals surface area contributed by atoms with Crippen molar-refractivity contribution in [2.45, 2.75) is 12.5 Å². The number of nitrogens with zero attached hydrogens (tertiary/aromatic N) is 1. The van der Waals surface area contributed by atoms with Gasteiger partial charge in [-0.1, -0.05) is 30.3 Å². The van der Waals surface area contributed by atoms with Crippen LogP contribution in [-0.4, -0.2) is 54.6 Å². The van der Waals surface area contributed by atoms with Crippen molar-refractivity contribution in [3.63, 3.8) is 0 Å². The number of hydrogen-bond donors (Lipinski definition) is 2. The minimum absolute atomic E-state index is 0.0188. The fourth-order valence-corrected chi connectivity index (χ4v) is 4.96. The summed E-state index contributed by atoms with van der Waals surface area (Å²) in [6.07, 6.45) is 2.37. The number of nitrogens with one attached hydrogen (secondary N) is 1. The number of benzene rings is 3. The number of hydrogen-bond acceptors (Lipinski definition) is 6. The van der Waals surface area contributed by atoms with Gasteiger partial charge in [0.2, 0.25) is 0 Å². The molecule has 0 unspecified atom stereocenters. The summed E-state index contributed by atoms with van der Waals surface area (Å²) < 4.78 is 16.4. The van der Waals surface area contributed by atoms with E-state index in [0.717, 1.165) is 22.2 Å². The minimum atomic E-state index is -0.851. The molecular formula is C30H28N2O6. The van der Waals surface area contributed by atoms with Crippen molar-refractivity contribution in [2.75, 3.05) is 27.9 Å². The van der Waals surface area contributed by atoms with Gasteiger partial charge in [0, 0.05) is 40.8 Å². The predicted octanol–water partition coefficient (Wildman–Crippen LogP) is 4.86. The highest BCUT2D eigenvalue weighted by Gasteiger charge is 2.47. The summed E-state index contributed by atoms with van der Waals surface area (Å²) in [5, 5.41) is 12.2. The van der Waals surface area contributed by atoms with Gasteiger partial charge in [0.1, 0.15) is 23.0 Å². The number of aromatic amines is 1. The molecule has 1 fully saturated rings. The first-order valence-electron chi connectivity index (χ1n) is 12.2. The third-order valence-electron chi connectivity index (χ3n) is 6.92. The lowest BCUT2D eigenvalue weighted by Gasteiger charge is -2.27. The number of Topliss-reactive ketones (excluding diaryl/α,β-unsaturated/α-hetero) is 1. The number of ether oxygens (including phenoxy) is 3. The summed E-state index contributed by atoms with van der Waals surface area (Å²) >= 11 is 0. The number of rotatable bonds is 8. The average Bonchev–Trinajstić information content (AvgIpc) is 3.48. The van der Waals surface area contributed by atoms with Gasteiger partial charge in [-0.05, 0) is 42.3 Å². The van der Waals surface area contributed by atoms with Crippen LogP contribution in [0.15, 0.2) is 78.5 Å². The summed E-state index contributed by atoms with van der Waals surface area (Å²) in [7, 11) is 4.68. The highest BCUT2D eigenvalue weighted by atomic mass is 16.5. The molecule has 1 aromatic heterocycles. The second kappa shape index (κ2) is 10.3. The van der Waals surface area contributed by atoms with E-state index in [2.05, 4.69) is 4.98 Å². The molecule has 38 heavy (non-hydrogen) atoms. The monoisotopic (exact) mass is 512 g/mol. The van der Waals surface area contributed by atoms with E-state index in [1.54, 1.807) is 56.7 Å². The molecule has 1 aliphatic rings. The molecule has 4 aromatic rings. The maximum atomic E-state index is 13.4. The zero-order valence-electron chi connectivity index (χ0n) is 21.4. The summed E-state index contributed by atoms with van der Waals surface area (Å²) in [6.45, 7) is 0.236. The van der Waals surface area contributed by atoms with Crippen LogP contribution in [0.3, 0.4) is 0 Å². The normalized spacial score (nSPS) is 16.7. The largest absolute Gasteiger partial charge is 0.507 e. The molecule has 0 saturated carbocycles. The predicted molar refractivity (Wildman–Crippen MR) is 144 cm³/mol. The Kier molecular flexibility index (Phi) is 6.79.